The number of nitrogens with zero attached hydrogens (tertiary/aromatic N) is 3. The maximum absolute atomic E-state index is 12.4. The number of nitrogens with one attached hydrogen (secondary N) is 1. The van der Waals surface area contributed by atoms with Crippen LogP contribution in [0.4, 0.5) is 0 Å². The summed E-state index contributed by atoms with van der Waals surface area (Å²) in [5.74, 6) is -0.341. The summed E-state index contributed by atoms with van der Waals surface area (Å²) >= 11 is 5.92. The quantitative estimate of drug-likeness (QED) is 0.812. The van der Waals surface area contributed by atoms with E-state index in [1.807, 2.05) is 6.92 Å². The Morgan fingerprint density at radius 1 is 1.57 bits per heavy atom. The summed E-state index contributed by atoms with van der Waals surface area (Å²) in [6.07, 6.45) is 2.09. The van der Waals surface area contributed by atoms with Gasteiger partial charge in [0.05, 0.1) is 10.7 Å². The highest BCUT2D eigenvalue weighted by atomic mass is 35.5. The minimum atomic E-state index is -0.500. The smallest absolute Gasteiger partial charge is 0.245 e. The Bertz CT molecular complexity index is 525. The number of likely N-dealkylation sites (tertiary alicyclic amines) is 1. The molecule has 0 aliphatic carbocycles. The number of nitrogens with two attached hydrogens (primary N) is 1. The van der Waals surface area contributed by atoms with Crippen LogP contribution in [-0.4, -0.2) is 51.7 Å². The molecule has 1 fully saturated rings. The van der Waals surface area contributed by atoms with Crippen molar-refractivity contribution in [2.45, 2.75) is 38.9 Å². The summed E-state index contributed by atoms with van der Waals surface area (Å²) in [5.41, 5.74) is 6.56. The van der Waals surface area contributed by atoms with Crippen molar-refractivity contribution >= 4 is 23.4 Å². The third kappa shape index (κ3) is 3.54. The Balaban J connectivity index is 2.07. The van der Waals surface area contributed by atoms with E-state index in [1.165, 1.54) is 9.58 Å². The molecular weight excluding hydrogens is 294 g/mol. The number of hydrogen-bond donors (Lipinski definition) is 2. The van der Waals surface area contributed by atoms with E-state index in [9.17, 15) is 9.59 Å². The molecule has 21 heavy (non-hydrogen) atoms. The van der Waals surface area contributed by atoms with Gasteiger partial charge in [-0.2, -0.15) is 5.10 Å². The van der Waals surface area contributed by atoms with Gasteiger partial charge in [0, 0.05) is 25.3 Å². The highest BCUT2D eigenvalue weighted by Gasteiger charge is 2.37. The summed E-state index contributed by atoms with van der Waals surface area (Å²) in [6.45, 7) is 4.57. The van der Waals surface area contributed by atoms with Crippen LogP contribution in [0.2, 0.25) is 5.02 Å². The zero-order valence-electron chi connectivity index (χ0n) is 12.2. The predicted molar refractivity (Wildman–Crippen MR) is 78.8 cm³/mol. The van der Waals surface area contributed by atoms with Gasteiger partial charge in [0.1, 0.15) is 12.6 Å². The molecule has 0 spiro atoms. The first-order valence-electron chi connectivity index (χ1n) is 6.94. The van der Waals surface area contributed by atoms with Gasteiger partial charge in [0.2, 0.25) is 11.8 Å². The van der Waals surface area contributed by atoms with Crippen molar-refractivity contribution in [2.75, 3.05) is 13.1 Å². The fourth-order valence-corrected chi connectivity index (χ4v) is 2.64. The molecule has 7 nitrogen and oxygen atoms in total. The van der Waals surface area contributed by atoms with Gasteiger partial charge in [-0.05, 0) is 20.3 Å². The highest BCUT2D eigenvalue weighted by molar-refractivity contribution is 6.31. The summed E-state index contributed by atoms with van der Waals surface area (Å²) in [5, 5.41) is 7.41. The van der Waals surface area contributed by atoms with Crippen LogP contribution in [0.1, 0.15) is 19.0 Å². The van der Waals surface area contributed by atoms with E-state index in [0.29, 0.717) is 30.2 Å². The molecule has 0 aromatic carbocycles. The van der Waals surface area contributed by atoms with Crippen molar-refractivity contribution in [2.24, 2.45) is 5.73 Å². The topological polar surface area (TPSA) is 93.3 Å². The van der Waals surface area contributed by atoms with Crippen molar-refractivity contribution in [3.63, 3.8) is 0 Å². The number of carbonyl (C=O) groups is 2. The zero-order chi connectivity index (χ0) is 15.6. The van der Waals surface area contributed by atoms with E-state index < -0.39 is 6.04 Å². The van der Waals surface area contributed by atoms with Gasteiger partial charge < -0.3 is 16.0 Å². The number of aromatic nitrogens is 2. The molecule has 0 unspecified atom stereocenters. The maximum atomic E-state index is 12.4. The van der Waals surface area contributed by atoms with E-state index >= 15 is 0 Å². The lowest BCUT2D eigenvalue weighted by molar-refractivity contribution is -0.139. The molecule has 1 saturated heterocycles. The SMILES string of the molecule is CCNC(=O)[C@@H]1C[C@H](N)CN1C(=O)Cn1cc(Cl)c(C)n1. The van der Waals surface area contributed by atoms with E-state index in [1.54, 1.807) is 13.1 Å². The van der Waals surface area contributed by atoms with Crippen molar-refractivity contribution in [1.29, 1.82) is 0 Å². The second kappa shape index (κ2) is 6.44. The van der Waals surface area contributed by atoms with Crippen LogP contribution in [-0.2, 0) is 16.1 Å². The molecule has 8 heteroatoms. The van der Waals surface area contributed by atoms with Crippen LogP contribution < -0.4 is 11.1 Å². The Hall–Kier alpha value is -1.60. The van der Waals surface area contributed by atoms with Crippen LogP contribution in [0.15, 0.2) is 6.20 Å². The Morgan fingerprint density at radius 2 is 2.29 bits per heavy atom. The van der Waals surface area contributed by atoms with Crippen molar-refractivity contribution < 1.29 is 9.59 Å². The molecule has 0 radical (unpaired) electrons. The number of aryl methyl sites for hydroxylation is 1. The molecule has 2 amide bonds. The van der Waals surface area contributed by atoms with Crippen molar-refractivity contribution in [1.82, 2.24) is 20.0 Å². The molecule has 1 aliphatic heterocycles. The van der Waals surface area contributed by atoms with E-state index in [4.69, 9.17) is 17.3 Å². The number of amides is 2. The third-order valence-corrected chi connectivity index (χ3v) is 3.86. The normalized spacial score (nSPS) is 21.6. The second-order valence-electron chi connectivity index (χ2n) is 5.21. The van der Waals surface area contributed by atoms with Crippen LogP contribution >= 0.6 is 11.6 Å². The van der Waals surface area contributed by atoms with Crippen LogP contribution in [0.25, 0.3) is 0 Å². The first-order valence-corrected chi connectivity index (χ1v) is 7.32. The summed E-state index contributed by atoms with van der Waals surface area (Å²) in [6, 6.07) is -0.677. The molecular formula is C13H20ClN5O2. The van der Waals surface area contributed by atoms with Gasteiger partial charge in [-0.25, -0.2) is 0 Å². The third-order valence-electron chi connectivity index (χ3n) is 3.49. The van der Waals surface area contributed by atoms with E-state index in [-0.39, 0.29) is 24.4 Å². The average Bonchev–Trinajstić information content (AvgIpc) is 2.94. The number of likely N-dealkylation sites (N-methyl/N-ethyl adjacent to an activating group) is 1. The largest absolute Gasteiger partial charge is 0.355 e. The Morgan fingerprint density at radius 3 is 2.86 bits per heavy atom. The minimum absolute atomic E-state index is 0.0518. The van der Waals surface area contributed by atoms with Gasteiger partial charge in [-0.15, -0.1) is 0 Å². The summed E-state index contributed by atoms with van der Waals surface area (Å²) in [7, 11) is 0. The highest BCUT2D eigenvalue weighted by Crippen LogP contribution is 2.18. The molecule has 0 saturated carbocycles. The lowest BCUT2D eigenvalue weighted by atomic mass is 10.1. The number of halogens is 1. The van der Waals surface area contributed by atoms with Gasteiger partial charge in [-0.3, -0.25) is 14.3 Å². The standard InChI is InChI=1S/C13H20ClN5O2/c1-3-16-13(21)11-4-9(15)5-19(11)12(20)7-18-6-10(14)8(2)17-18/h6,9,11H,3-5,7,15H2,1-2H3,(H,16,21)/t9-,11-/m0/s1. The van der Waals surface area contributed by atoms with Crippen molar-refractivity contribution in [3.05, 3.63) is 16.9 Å². The van der Waals surface area contributed by atoms with E-state index in [2.05, 4.69) is 10.4 Å². The Labute approximate surface area is 128 Å². The van der Waals surface area contributed by atoms with E-state index in [0.717, 1.165) is 0 Å². The lowest BCUT2D eigenvalue weighted by Gasteiger charge is -2.23. The lowest BCUT2D eigenvalue weighted by Crippen LogP contribution is -2.47. The monoisotopic (exact) mass is 313 g/mol. The molecule has 3 N–H and O–H groups in total. The minimum Gasteiger partial charge on any atom is -0.355 e. The fraction of sp³-hybridized carbons (Fsp3) is 0.615. The molecule has 1 aromatic rings. The van der Waals surface area contributed by atoms with Crippen molar-refractivity contribution in [3.8, 4) is 0 Å². The summed E-state index contributed by atoms with van der Waals surface area (Å²) in [4.78, 5) is 25.9. The molecule has 0 bridgehead atoms. The predicted octanol–water partition coefficient (Wildman–Crippen LogP) is -0.0908. The number of carbonyl (C=O) groups excluding carboxylic acids is 2. The molecule has 1 aliphatic rings. The van der Waals surface area contributed by atoms with Crippen LogP contribution in [0.5, 0.6) is 0 Å². The first kappa shape index (κ1) is 15.8. The molecule has 2 atom stereocenters. The fourth-order valence-electron chi connectivity index (χ4n) is 2.49. The molecule has 2 rings (SSSR count). The number of rotatable bonds is 4. The maximum Gasteiger partial charge on any atom is 0.245 e. The Kier molecular flexibility index (Phi) is 4.84. The van der Waals surface area contributed by atoms with Gasteiger partial charge in [-0.1, -0.05) is 11.6 Å². The first-order chi connectivity index (χ1) is 9.92. The number of hydrogen-bond acceptors (Lipinski definition) is 4. The van der Waals surface area contributed by atoms with Crippen LogP contribution in [0, 0.1) is 6.92 Å². The molecule has 116 valence electrons. The molecule has 1 aromatic heterocycles. The molecule has 2 heterocycles. The second-order valence-corrected chi connectivity index (χ2v) is 5.62. The van der Waals surface area contributed by atoms with Gasteiger partial charge in [0.25, 0.3) is 0 Å². The van der Waals surface area contributed by atoms with Gasteiger partial charge in [0.15, 0.2) is 0 Å². The van der Waals surface area contributed by atoms with Gasteiger partial charge >= 0.3 is 0 Å². The summed E-state index contributed by atoms with van der Waals surface area (Å²) < 4.78 is 1.48. The zero-order valence-corrected chi connectivity index (χ0v) is 12.9. The van der Waals surface area contributed by atoms with Crippen LogP contribution in [0.3, 0.4) is 0 Å². The average molecular weight is 314 g/mol.